The molecule has 0 aromatic carbocycles. The molecular weight excluding hydrogens is 107 g/mol. The molecule has 0 N–H and O–H groups in total. The van der Waals surface area contributed by atoms with Gasteiger partial charge < -0.3 is 5.41 Å². The molecule has 0 radical (unpaired) electrons. The van der Waals surface area contributed by atoms with Crippen molar-refractivity contribution in [2.45, 2.75) is 0 Å². The Kier molecular flexibility index (Phi) is 26.9. The summed E-state index contributed by atoms with van der Waals surface area (Å²) in [6, 6.07) is 0. The SMILES string of the molecule is [N-]=C=O.[Zn+2]. The standard InChI is InChI=1S/CNO.Zn/c2-1-3;/q-1;+2. The molecule has 0 saturated carbocycles. The fourth-order valence-corrected chi connectivity index (χ4v) is 0. The number of nitrogens with zero attached hydrogens (tertiary/aromatic N) is 1. The van der Waals surface area contributed by atoms with Crippen molar-refractivity contribution < 1.29 is 24.3 Å². The van der Waals surface area contributed by atoms with Crippen LogP contribution in [0.25, 0.3) is 5.41 Å². The zero-order chi connectivity index (χ0) is 2.71. The van der Waals surface area contributed by atoms with Gasteiger partial charge in [-0.05, 0) is 6.08 Å². The Bertz CT molecular complexity index is 29.0. The molecule has 0 aliphatic rings. The van der Waals surface area contributed by atoms with Crippen LogP contribution in [0.15, 0.2) is 0 Å². The summed E-state index contributed by atoms with van der Waals surface area (Å²) >= 11 is 0. The van der Waals surface area contributed by atoms with E-state index in [1.165, 1.54) is 0 Å². The minimum Gasteiger partial charge on any atom is -0.724 e. The Morgan fingerprint density at radius 1 is 1.75 bits per heavy atom. The van der Waals surface area contributed by atoms with E-state index in [1.54, 1.807) is 0 Å². The molecule has 3 heteroatoms. The molecule has 0 fully saturated rings. The van der Waals surface area contributed by atoms with Gasteiger partial charge in [0, 0.05) is 0 Å². The third-order valence-corrected chi connectivity index (χ3v) is 0. The van der Waals surface area contributed by atoms with Gasteiger partial charge in [0.05, 0.1) is 0 Å². The topological polar surface area (TPSA) is 39.4 Å². The fraction of sp³-hybridized carbons (Fsp3) is 0. The van der Waals surface area contributed by atoms with Gasteiger partial charge >= 0.3 is 19.5 Å². The summed E-state index contributed by atoms with van der Waals surface area (Å²) < 4.78 is 0. The zero-order valence-corrected chi connectivity index (χ0v) is 5.03. The zero-order valence-electron chi connectivity index (χ0n) is 2.06. The van der Waals surface area contributed by atoms with Crippen LogP contribution >= 0.6 is 0 Å². The minimum absolute atomic E-state index is 0. The van der Waals surface area contributed by atoms with Gasteiger partial charge in [-0.2, -0.15) is 0 Å². The second-order valence-corrected chi connectivity index (χ2v) is 0.0913. The summed E-state index contributed by atoms with van der Waals surface area (Å²) in [5.41, 5.74) is 0. The molecular formula is CNOZn+. The van der Waals surface area contributed by atoms with Gasteiger partial charge in [0.25, 0.3) is 0 Å². The molecule has 0 rings (SSSR count). The van der Waals surface area contributed by atoms with Crippen LogP contribution in [-0.4, -0.2) is 6.08 Å². The van der Waals surface area contributed by atoms with Gasteiger partial charge in [-0.1, -0.05) is 0 Å². The molecule has 0 heterocycles. The first kappa shape index (κ1) is 9.00. The van der Waals surface area contributed by atoms with Crippen molar-refractivity contribution >= 4 is 6.08 Å². The molecule has 0 bridgehead atoms. The van der Waals surface area contributed by atoms with Gasteiger partial charge in [0.2, 0.25) is 0 Å². The number of hydrogen-bond donors (Lipinski definition) is 0. The number of hydrogen-bond acceptors (Lipinski definition) is 1. The van der Waals surface area contributed by atoms with Gasteiger partial charge in [0.1, 0.15) is 0 Å². The van der Waals surface area contributed by atoms with Crippen molar-refractivity contribution in [1.29, 1.82) is 0 Å². The van der Waals surface area contributed by atoms with E-state index in [9.17, 15) is 0 Å². The first-order valence-electron chi connectivity index (χ1n) is 0.428. The monoisotopic (exact) mass is 106 g/mol. The molecule has 0 aliphatic carbocycles. The molecule has 0 amide bonds. The van der Waals surface area contributed by atoms with Gasteiger partial charge in [-0.15, -0.1) is 0 Å². The molecule has 0 spiro atoms. The summed E-state index contributed by atoms with van der Waals surface area (Å²) in [7, 11) is 0. The van der Waals surface area contributed by atoms with E-state index < -0.39 is 0 Å². The Hall–Kier alpha value is 0.00338. The minimum atomic E-state index is 0. The molecule has 16 valence electrons. The van der Waals surface area contributed by atoms with Crippen LogP contribution in [-0.2, 0) is 24.3 Å². The number of carbonyl (C=O) groups excluding carboxylic acids is 1. The Morgan fingerprint density at radius 2 is 1.75 bits per heavy atom. The summed E-state index contributed by atoms with van der Waals surface area (Å²) in [5.74, 6) is 0. The van der Waals surface area contributed by atoms with E-state index in [1.807, 2.05) is 0 Å². The maximum absolute atomic E-state index is 8.24. The van der Waals surface area contributed by atoms with Crippen LogP contribution in [0.2, 0.25) is 0 Å². The number of isocyanates is 1. The Labute approximate surface area is 36.5 Å². The summed E-state index contributed by atoms with van der Waals surface area (Å²) in [5, 5.41) is 6.76. The molecule has 0 aromatic rings. The van der Waals surface area contributed by atoms with E-state index in [-0.39, 0.29) is 19.5 Å². The third-order valence-electron chi connectivity index (χ3n) is 0. The largest absolute Gasteiger partial charge is 2.00 e. The average molecular weight is 107 g/mol. The summed E-state index contributed by atoms with van der Waals surface area (Å²) in [4.78, 5) is 8.24. The first-order chi connectivity index (χ1) is 1.41. The van der Waals surface area contributed by atoms with Crippen molar-refractivity contribution in [3.05, 3.63) is 5.41 Å². The predicted octanol–water partition coefficient (Wildman–Crippen LogP) is -0.111. The molecule has 0 atom stereocenters. The van der Waals surface area contributed by atoms with E-state index >= 15 is 0 Å². The molecule has 0 saturated heterocycles. The van der Waals surface area contributed by atoms with Gasteiger partial charge in [-0.3, -0.25) is 4.79 Å². The van der Waals surface area contributed by atoms with Crippen LogP contribution in [0.4, 0.5) is 0 Å². The van der Waals surface area contributed by atoms with Crippen molar-refractivity contribution in [2.24, 2.45) is 0 Å². The maximum atomic E-state index is 8.24. The molecule has 4 heavy (non-hydrogen) atoms. The van der Waals surface area contributed by atoms with E-state index in [0.29, 0.717) is 6.08 Å². The van der Waals surface area contributed by atoms with Crippen molar-refractivity contribution in [3.8, 4) is 0 Å². The third kappa shape index (κ3) is 177000. The van der Waals surface area contributed by atoms with Crippen LogP contribution in [0.3, 0.4) is 0 Å². The molecule has 0 aliphatic heterocycles. The summed E-state index contributed by atoms with van der Waals surface area (Å²) in [6.45, 7) is 0. The molecule has 2 nitrogen and oxygen atoms in total. The van der Waals surface area contributed by atoms with Crippen molar-refractivity contribution in [1.82, 2.24) is 0 Å². The maximum Gasteiger partial charge on any atom is 2.00 e. The normalized spacial score (nSPS) is 2.00. The van der Waals surface area contributed by atoms with Gasteiger partial charge in [0.15, 0.2) is 0 Å². The van der Waals surface area contributed by atoms with Crippen LogP contribution < -0.4 is 0 Å². The van der Waals surface area contributed by atoms with E-state index in [4.69, 9.17) is 10.2 Å². The summed E-state index contributed by atoms with van der Waals surface area (Å²) in [6.07, 6.45) is 0.500. The van der Waals surface area contributed by atoms with Crippen molar-refractivity contribution in [2.75, 3.05) is 0 Å². The first-order valence-corrected chi connectivity index (χ1v) is 0.428. The second-order valence-electron chi connectivity index (χ2n) is 0.0913. The van der Waals surface area contributed by atoms with Crippen LogP contribution in [0.1, 0.15) is 0 Å². The molecule has 0 unspecified atom stereocenters. The van der Waals surface area contributed by atoms with Crippen LogP contribution in [0, 0.1) is 0 Å². The van der Waals surface area contributed by atoms with E-state index in [0.717, 1.165) is 0 Å². The number of rotatable bonds is 0. The van der Waals surface area contributed by atoms with E-state index in [2.05, 4.69) is 0 Å². The second kappa shape index (κ2) is 12.0. The Balaban J connectivity index is 0. The van der Waals surface area contributed by atoms with Crippen molar-refractivity contribution in [3.63, 3.8) is 0 Å². The fourth-order valence-electron chi connectivity index (χ4n) is 0. The average Bonchev–Trinajstić information content (AvgIpc) is 0.918. The van der Waals surface area contributed by atoms with Crippen LogP contribution in [0.5, 0.6) is 0 Å². The molecule has 0 aromatic heterocycles. The Morgan fingerprint density at radius 3 is 1.75 bits per heavy atom. The predicted molar refractivity (Wildman–Crippen MR) is 9.05 cm³/mol. The quantitative estimate of drug-likeness (QED) is 0.242. The van der Waals surface area contributed by atoms with Gasteiger partial charge in [-0.25, -0.2) is 0 Å². The smallest absolute Gasteiger partial charge is 0.724 e.